The molecule has 1 aromatic heterocycles. The van der Waals surface area contributed by atoms with Crippen molar-refractivity contribution in [3.8, 4) is 5.75 Å². The summed E-state index contributed by atoms with van der Waals surface area (Å²) < 4.78 is 5.17. The number of rotatable bonds is 9. The zero-order valence-corrected chi connectivity index (χ0v) is 16.5. The third-order valence-corrected chi connectivity index (χ3v) is 5.13. The molecule has 0 aliphatic heterocycles. The molecule has 142 valence electrons. The van der Waals surface area contributed by atoms with Gasteiger partial charge in [-0.25, -0.2) is 4.98 Å². The Morgan fingerprint density at radius 1 is 1.22 bits per heavy atom. The smallest absolute Gasteiger partial charge is 0.220 e. The molecule has 0 radical (unpaired) electrons. The first-order valence-corrected chi connectivity index (χ1v) is 10.4. The van der Waals surface area contributed by atoms with E-state index in [1.807, 2.05) is 48.5 Å². The number of para-hydroxylation sites is 2. The lowest BCUT2D eigenvalue weighted by atomic mass is 10.1. The van der Waals surface area contributed by atoms with Gasteiger partial charge in [0.1, 0.15) is 11.6 Å². The monoisotopic (exact) mass is 383 g/mol. The molecule has 3 rings (SSSR count). The number of ether oxygens (including phenoxy) is 1. The van der Waals surface area contributed by atoms with Gasteiger partial charge in [0, 0.05) is 6.42 Å². The molecule has 1 amide bonds. The van der Waals surface area contributed by atoms with Gasteiger partial charge in [0.05, 0.1) is 24.2 Å². The topological polar surface area (TPSA) is 67.0 Å². The normalized spacial score (nSPS) is 12.1. The molecular formula is C21H25N3O2S. The van der Waals surface area contributed by atoms with Crippen molar-refractivity contribution in [2.24, 2.45) is 0 Å². The number of aryl methyl sites for hydroxylation is 1. The predicted octanol–water partition coefficient (Wildman–Crippen LogP) is 4.11. The van der Waals surface area contributed by atoms with Gasteiger partial charge in [-0.2, -0.15) is 11.8 Å². The third kappa shape index (κ3) is 5.26. The summed E-state index contributed by atoms with van der Waals surface area (Å²) in [4.78, 5) is 20.5. The van der Waals surface area contributed by atoms with E-state index in [0.717, 1.165) is 40.3 Å². The number of H-pyrrole nitrogens is 1. The number of methoxy groups -OCH3 is 1. The van der Waals surface area contributed by atoms with E-state index in [0.29, 0.717) is 12.8 Å². The molecule has 0 aliphatic carbocycles. The number of aromatic nitrogens is 2. The molecule has 0 aliphatic rings. The maximum Gasteiger partial charge on any atom is 0.220 e. The third-order valence-electron chi connectivity index (χ3n) is 4.48. The second-order valence-electron chi connectivity index (χ2n) is 6.39. The molecule has 2 aromatic carbocycles. The highest BCUT2D eigenvalue weighted by Gasteiger charge is 2.18. The number of imidazole rings is 1. The second kappa shape index (κ2) is 9.46. The van der Waals surface area contributed by atoms with Crippen molar-refractivity contribution in [3.63, 3.8) is 0 Å². The average Bonchev–Trinajstić information content (AvgIpc) is 3.14. The standard InChI is InChI=1S/C21H25N3O2S/c1-26-16-10-7-15(8-11-16)9-12-20(25)22-19(13-14-27-2)21-23-17-5-3-4-6-18(17)24-21/h3-8,10-11,19H,9,12-14H2,1-2H3,(H,22,25)(H,23,24)/t19-/m0/s1. The van der Waals surface area contributed by atoms with Crippen LogP contribution in [0.5, 0.6) is 5.75 Å². The summed E-state index contributed by atoms with van der Waals surface area (Å²) in [5, 5.41) is 3.15. The number of benzene rings is 2. The predicted molar refractivity (Wildman–Crippen MR) is 111 cm³/mol. The minimum absolute atomic E-state index is 0.0392. The van der Waals surface area contributed by atoms with Crippen LogP contribution in [0, 0.1) is 0 Å². The van der Waals surface area contributed by atoms with Gasteiger partial charge < -0.3 is 15.0 Å². The first-order chi connectivity index (χ1) is 13.2. The fourth-order valence-corrected chi connectivity index (χ4v) is 3.44. The Bertz CT molecular complexity index is 844. The van der Waals surface area contributed by atoms with E-state index in [1.165, 1.54) is 0 Å². The summed E-state index contributed by atoms with van der Waals surface area (Å²) in [7, 11) is 1.65. The van der Waals surface area contributed by atoms with E-state index < -0.39 is 0 Å². The fourth-order valence-electron chi connectivity index (χ4n) is 2.97. The lowest BCUT2D eigenvalue weighted by molar-refractivity contribution is -0.121. The molecule has 2 N–H and O–H groups in total. The number of carbonyl (C=O) groups is 1. The van der Waals surface area contributed by atoms with Crippen LogP contribution in [0.4, 0.5) is 0 Å². The van der Waals surface area contributed by atoms with Gasteiger partial charge >= 0.3 is 0 Å². The maximum absolute atomic E-state index is 12.5. The molecular weight excluding hydrogens is 358 g/mol. The Balaban J connectivity index is 1.63. The summed E-state index contributed by atoms with van der Waals surface area (Å²) in [6, 6.07) is 15.7. The molecule has 27 heavy (non-hydrogen) atoms. The van der Waals surface area contributed by atoms with Gasteiger partial charge in [-0.15, -0.1) is 0 Å². The van der Waals surface area contributed by atoms with E-state index in [9.17, 15) is 4.79 Å². The number of hydrogen-bond acceptors (Lipinski definition) is 4. The largest absolute Gasteiger partial charge is 0.497 e. The molecule has 5 nitrogen and oxygen atoms in total. The number of nitrogens with zero attached hydrogens (tertiary/aromatic N) is 1. The van der Waals surface area contributed by atoms with E-state index in [4.69, 9.17) is 4.74 Å². The Hall–Kier alpha value is -2.47. The minimum Gasteiger partial charge on any atom is -0.497 e. The first-order valence-electron chi connectivity index (χ1n) is 9.05. The lowest BCUT2D eigenvalue weighted by Gasteiger charge is -2.16. The molecule has 0 bridgehead atoms. The van der Waals surface area contributed by atoms with Crippen molar-refractivity contribution in [3.05, 3.63) is 59.9 Å². The van der Waals surface area contributed by atoms with Crippen LogP contribution in [0.1, 0.15) is 30.3 Å². The highest BCUT2D eigenvalue weighted by Crippen LogP contribution is 2.20. The van der Waals surface area contributed by atoms with Crippen molar-refractivity contribution in [2.45, 2.75) is 25.3 Å². The van der Waals surface area contributed by atoms with Crippen LogP contribution in [-0.2, 0) is 11.2 Å². The Morgan fingerprint density at radius 2 is 2.00 bits per heavy atom. The SMILES string of the molecule is COc1ccc(CCC(=O)N[C@@H](CCSC)c2nc3ccccc3[nH]2)cc1. The summed E-state index contributed by atoms with van der Waals surface area (Å²) in [6.45, 7) is 0. The van der Waals surface area contributed by atoms with Gasteiger partial charge in [0.2, 0.25) is 5.91 Å². The van der Waals surface area contributed by atoms with Crippen LogP contribution in [0.3, 0.4) is 0 Å². The van der Waals surface area contributed by atoms with Crippen LogP contribution >= 0.6 is 11.8 Å². The lowest BCUT2D eigenvalue weighted by Crippen LogP contribution is -2.30. The highest BCUT2D eigenvalue weighted by atomic mass is 32.2. The van der Waals surface area contributed by atoms with Gasteiger partial charge in [-0.1, -0.05) is 24.3 Å². The van der Waals surface area contributed by atoms with Gasteiger partial charge in [-0.3, -0.25) is 4.79 Å². The molecule has 0 unspecified atom stereocenters. The molecule has 3 aromatic rings. The molecule has 6 heteroatoms. The number of amides is 1. The van der Waals surface area contributed by atoms with Gasteiger partial charge in [0.15, 0.2) is 0 Å². The number of aromatic amines is 1. The van der Waals surface area contributed by atoms with E-state index in [-0.39, 0.29) is 11.9 Å². The van der Waals surface area contributed by atoms with E-state index in [1.54, 1.807) is 18.9 Å². The number of fused-ring (bicyclic) bond motifs is 1. The van der Waals surface area contributed by atoms with Crippen LogP contribution < -0.4 is 10.1 Å². The quantitative estimate of drug-likeness (QED) is 0.583. The van der Waals surface area contributed by atoms with Crippen molar-refractivity contribution in [1.29, 1.82) is 0 Å². The molecule has 1 atom stereocenters. The first kappa shape index (κ1) is 19.3. The molecule has 0 spiro atoms. The van der Waals surface area contributed by atoms with Crippen LogP contribution in [-0.4, -0.2) is 35.0 Å². The van der Waals surface area contributed by atoms with E-state index in [2.05, 4.69) is 21.5 Å². The van der Waals surface area contributed by atoms with Crippen molar-refractivity contribution < 1.29 is 9.53 Å². The number of hydrogen-bond donors (Lipinski definition) is 2. The maximum atomic E-state index is 12.5. The van der Waals surface area contributed by atoms with Crippen molar-refractivity contribution >= 4 is 28.7 Å². The number of thioether (sulfide) groups is 1. The Labute approximate surface area is 163 Å². The highest BCUT2D eigenvalue weighted by molar-refractivity contribution is 7.98. The second-order valence-corrected chi connectivity index (χ2v) is 7.37. The van der Waals surface area contributed by atoms with Crippen molar-refractivity contribution in [1.82, 2.24) is 15.3 Å². The summed E-state index contributed by atoms with van der Waals surface area (Å²) in [5.74, 6) is 2.64. The summed E-state index contributed by atoms with van der Waals surface area (Å²) in [5.41, 5.74) is 3.04. The number of carbonyl (C=O) groups excluding carboxylic acids is 1. The average molecular weight is 384 g/mol. The van der Waals surface area contributed by atoms with Crippen LogP contribution in [0.2, 0.25) is 0 Å². The van der Waals surface area contributed by atoms with Crippen LogP contribution in [0.25, 0.3) is 11.0 Å². The Kier molecular flexibility index (Phi) is 6.76. The molecule has 0 saturated carbocycles. The molecule has 1 heterocycles. The van der Waals surface area contributed by atoms with Gasteiger partial charge in [0.25, 0.3) is 0 Å². The fraction of sp³-hybridized carbons (Fsp3) is 0.333. The minimum atomic E-state index is -0.104. The van der Waals surface area contributed by atoms with Crippen LogP contribution in [0.15, 0.2) is 48.5 Å². The zero-order chi connectivity index (χ0) is 19.1. The molecule has 0 fully saturated rings. The zero-order valence-electron chi connectivity index (χ0n) is 15.7. The Morgan fingerprint density at radius 3 is 2.70 bits per heavy atom. The summed E-state index contributed by atoms with van der Waals surface area (Å²) in [6.07, 6.45) is 4.06. The van der Waals surface area contributed by atoms with E-state index >= 15 is 0 Å². The number of nitrogens with one attached hydrogen (secondary N) is 2. The van der Waals surface area contributed by atoms with Crippen molar-refractivity contribution in [2.75, 3.05) is 19.1 Å². The molecule has 0 saturated heterocycles. The van der Waals surface area contributed by atoms with Gasteiger partial charge in [-0.05, 0) is 54.7 Å². The summed E-state index contributed by atoms with van der Waals surface area (Å²) >= 11 is 1.77.